The van der Waals surface area contributed by atoms with Crippen LogP contribution in [0.3, 0.4) is 0 Å². The molecule has 44 heavy (non-hydrogen) atoms. The summed E-state index contributed by atoms with van der Waals surface area (Å²) in [5.41, 5.74) is 0.970. The van der Waals surface area contributed by atoms with Crippen molar-refractivity contribution in [3.63, 3.8) is 0 Å². The van der Waals surface area contributed by atoms with E-state index in [1.807, 2.05) is 11.9 Å². The summed E-state index contributed by atoms with van der Waals surface area (Å²) in [5, 5.41) is 0. The zero-order chi connectivity index (χ0) is 32.3. The second-order valence-corrected chi connectivity index (χ2v) is 9.04. The van der Waals surface area contributed by atoms with Gasteiger partial charge in [-0.15, -0.1) is 0 Å². The predicted octanol–water partition coefficient (Wildman–Crippen LogP) is 3.12. The van der Waals surface area contributed by atoms with Crippen molar-refractivity contribution < 1.29 is 57.0 Å². The van der Waals surface area contributed by atoms with Gasteiger partial charge in [-0.25, -0.2) is 9.59 Å². The summed E-state index contributed by atoms with van der Waals surface area (Å²) in [6.45, 7) is 2.97. The first-order valence-electron chi connectivity index (χ1n) is 13.8. The largest absolute Gasteiger partial charge is 0.493 e. The van der Waals surface area contributed by atoms with Crippen LogP contribution in [0.15, 0.2) is 30.3 Å². The zero-order valence-corrected chi connectivity index (χ0v) is 26.5. The molecule has 0 spiro atoms. The smallest absolute Gasteiger partial charge is 0.338 e. The number of carbonyl (C=O) groups excluding carboxylic acids is 2. The molecule has 0 unspecified atom stereocenters. The average Bonchev–Trinajstić information content (AvgIpc) is 3.05. The molecule has 0 heterocycles. The molecule has 0 aliphatic rings. The Balaban J connectivity index is 1.57. The summed E-state index contributed by atoms with van der Waals surface area (Å²) in [7, 11) is 10.9. The van der Waals surface area contributed by atoms with Crippen LogP contribution < -0.4 is 28.4 Å². The predicted molar refractivity (Wildman–Crippen MR) is 162 cm³/mol. The molecule has 0 fully saturated rings. The van der Waals surface area contributed by atoms with Crippen molar-refractivity contribution in [1.82, 2.24) is 4.90 Å². The van der Waals surface area contributed by atoms with E-state index in [0.29, 0.717) is 66.4 Å². The maximum Gasteiger partial charge on any atom is 0.338 e. The molecule has 0 saturated heterocycles. The molecule has 13 heteroatoms. The fourth-order valence-electron chi connectivity index (χ4n) is 3.84. The third-order valence-corrected chi connectivity index (χ3v) is 6.17. The van der Waals surface area contributed by atoms with Gasteiger partial charge in [0, 0.05) is 19.2 Å². The topological polar surface area (TPSA) is 130 Å². The first kappa shape index (κ1) is 36.0. The van der Waals surface area contributed by atoms with Crippen LogP contribution in [0.25, 0.3) is 6.08 Å². The number of hydrogen-bond donors (Lipinski definition) is 0. The summed E-state index contributed by atoms with van der Waals surface area (Å²) < 4.78 is 53.3. The number of methoxy groups -OCH3 is 6. The van der Waals surface area contributed by atoms with E-state index in [2.05, 4.69) is 0 Å². The minimum absolute atomic E-state index is 0.0959. The highest BCUT2D eigenvalue weighted by Gasteiger charge is 2.18. The van der Waals surface area contributed by atoms with Gasteiger partial charge in [-0.2, -0.15) is 0 Å². The molecule has 0 radical (unpaired) electrons. The lowest BCUT2D eigenvalue weighted by molar-refractivity contribution is -0.139. The molecule has 0 aliphatic heterocycles. The normalized spacial score (nSPS) is 10.9. The summed E-state index contributed by atoms with van der Waals surface area (Å²) in [6.07, 6.45) is 2.92. The molecule has 0 bridgehead atoms. The van der Waals surface area contributed by atoms with Gasteiger partial charge >= 0.3 is 11.9 Å². The third-order valence-electron chi connectivity index (χ3n) is 6.17. The molecule has 2 rings (SSSR count). The lowest BCUT2D eigenvalue weighted by Crippen LogP contribution is -2.28. The first-order chi connectivity index (χ1) is 21.3. The van der Waals surface area contributed by atoms with Crippen molar-refractivity contribution in [3.05, 3.63) is 41.5 Å². The van der Waals surface area contributed by atoms with E-state index in [0.717, 1.165) is 0 Å². The Hall–Kier alpha value is -4.20. The maximum atomic E-state index is 12.4. The lowest BCUT2D eigenvalue weighted by Gasteiger charge is -2.16. The van der Waals surface area contributed by atoms with E-state index in [-0.39, 0.29) is 32.0 Å². The molecule has 2 aromatic carbocycles. The van der Waals surface area contributed by atoms with E-state index in [4.69, 9.17) is 47.4 Å². The van der Waals surface area contributed by atoms with Gasteiger partial charge in [0.05, 0.1) is 74.6 Å². The van der Waals surface area contributed by atoms with Crippen molar-refractivity contribution in [2.75, 3.05) is 102 Å². The van der Waals surface area contributed by atoms with Crippen molar-refractivity contribution in [2.24, 2.45) is 0 Å². The third kappa shape index (κ3) is 11.5. The maximum absolute atomic E-state index is 12.4. The molecular weight excluding hydrogens is 578 g/mol. The zero-order valence-electron chi connectivity index (χ0n) is 26.5. The molecular formula is C31H43NO12. The fourth-order valence-corrected chi connectivity index (χ4v) is 3.84. The van der Waals surface area contributed by atoms with Gasteiger partial charge in [-0.3, -0.25) is 0 Å². The Morgan fingerprint density at radius 1 is 0.614 bits per heavy atom. The number of hydrogen-bond acceptors (Lipinski definition) is 13. The number of likely N-dealkylation sites (N-methyl/N-ethyl adjacent to an activating group) is 1. The Labute approximate surface area is 258 Å². The van der Waals surface area contributed by atoms with Gasteiger partial charge in [-0.1, -0.05) is 0 Å². The van der Waals surface area contributed by atoms with E-state index >= 15 is 0 Å². The van der Waals surface area contributed by atoms with E-state index in [9.17, 15) is 9.59 Å². The van der Waals surface area contributed by atoms with Crippen molar-refractivity contribution in [3.8, 4) is 34.5 Å². The number of benzene rings is 2. The number of rotatable bonds is 21. The Bertz CT molecular complexity index is 1170. The van der Waals surface area contributed by atoms with Crippen LogP contribution >= 0.6 is 0 Å². The fraction of sp³-hybridized carbons (Fsp3) is 0.484. The van der Waals surface area contributed by atoms with E-state index in [1.54, 1.807) is 18.2 Å². The molecule has 2 aromatic rings. The highest BCUT2D eigenvalue weighted by Crippen LogP contribution is 2.39. The second kappa shape index (κ2) is 19.9. The van der Waals surface area contributed by atoms with Crippen molar-refractivity contribution in [2.45, 2.75) is 0 Å². The standard InChI is InChI=1S/C31H43NO12/c1-32(11-13-42-15-17-44-31(34)23-20-26(37-4)30(40-7)27(21-23)38-5)10-12-41-14-16-43-28(33)9-8-22-18-24(35-2)29(39-6)25(19-22)36-3/h8-9,18-21H,10-17H2,1-7H3/b9-8+. The van der Waals surface area contributed by atoms with Crippen molar-refractivity contribution in [1.29, 1.82) is 0 Å². The highest BCUT2D eigenvalue weighted by atomic mass is 16.6. The minimum Gasteiger partial charge on any atom is -0.493 e. The van der Waals surface area contributed by atoms with Gasteiger partial charge in [0.2, 0.25) is 11.5 Å². The van der Waals surface area contributed by atoms with Crippen LogP contribution in [0.4, 0.5) is 0 Å². The summed E-state index contributed by atoms with van der Waals surface area (Å²) in [5.74, 6) is 1.55. The number of esters is 2. The molecule has 0 atom stereocenters. The van der Waals surface area contributed by atoms with Crippen LogP contribution in [0.2, 0.25) is 0 Å². The summed E-state index contributed by atoms with van der Waals surface area (Å²) in [4.78, 5) is 26.5. The van der Waals surface area contributed by atoms with Crippen LogP contribution in [-0.4, -0.2) is 119 Å². The van der Waals surface area contributed by atoms with E-state index < -0.39 is 11.9 Å². The average molecular weight is 622 g/mol. The highest BCUT2D eigenvalue weighted by molar-refractivity contribution is 5.91. The SMILES string of the molecule is COc1cc(/C=C/C(=O)OCCOCCN(C)CCOCCOC(=O)c2cc(OC)c(OC)c(OC)c2)cc(OC)c1OC. The Kier molecular flexibility index (Phi) is 16.3. The summed E-state index contributed by atoms with van der Waals surface area (Å²) in [6, 6.07) is 6.51. The van der Waals surface area contributed by atoms with Crippen LogP contribution in [-0.2, 0) is 23.7 Å². The van der Waals surface area contributed by atoms with Gasteiger partial charge in [0.25, 0.3) is 0 Å². The molecule has 0 amide bonds. The van der Waals surface area contributed by atoms with Crippen molar-refractivity contribution >= 4 is 18.0 Å². The quantitative estimate of drug-likeness (QED) is 0.115. The number of ether oxygens (including phenoxy) is 10. The van der Waals surface area contributed by atoms with Gasteiger partial charge in [-0.05, 0) is 43.0 Å². The Morgan fingerprint density at radius 3 is 1.52 bits per heavy atom. The van der Waals surface area contributed by atoms with E-state index in [1.165, 1.54) is 60.9 Å². The molecule has 0 aliphatic carbocycles. The van der Waals surface area contributed by atoms with Crippen LogP contribution in [0, 0.1) is 0 Å². The monoisotopic (exact) mass is 621 g/mol. The molecule has 0 aromatic heterocycles. The molecule has 0 N–H and O–H groups in total. The number of carbonyl (C=O) groups is 2. The van der Waals surface area contributed by atoms with Crippen LogP contribution in [0.1, 0.15) is 15.9 Å². The number of nitrogens with zero attached hydrogens (tertiary/aromatic N) is 1. The second-order valence-electron chi connectivity index (χ2n) is 9.04. The lowest BCUT2D eigenvalue weighted by atomic mass is 10.1. The Morgan fingerprint density at radius 2 is 1.07 bits per heavy atom. The minimum atomic E-state index is -0.526. The van der Waals surface area contributed by atoms with Gasteiger partial charge < -0.3 is 52.3 Å². The van der Waals surface area contributed by atoms with Gasteiger partial charge in [0.15, 0.2) is 23.0 Å². The van der Waals surface area contributed by atoms with Gasteiger partial charge in [0.1, 0.15) is 13.2 Å². The first-order valence-corrected chi connectivity index (χ1v) is 13.8. The molecule has 244 valence electrons. The van der Waals surface area contributed by atoms with Crippen LogP contribution in [0.5, 0.6) is 34.5 Å². The molecule has 13 nitrogen and oxygen atoms in total. The summed E-state index contributed by atoms with van der Waals surface area (Å²) >= 11 is 0. The molecule has 0 saturated carbocycles.